The third-order valence-corrected chi connectivity index (χ3v) is 2.08. The SMILES string of the molecule is FC(F)c1ccc2c(Cl)nccn12. The molecule has 0 fully saturated rings. The fourth-order valence-electron chi connectivity index (χ4n) is 1.21. The number of fused-ring (bicyclic) bond motifs is 1. The van der Waals surface area contributed by atoms with E-state index in [4.69, 9.17) is 11.6 Å². The van der Waals surface area contributed by atoms with E-state index < -0.39 is 6.43 Å². The van der Waals surface area contributed by atoms with Crippen LogP contribution >= 0.6 is 11.6 Å². The topological polar surface area (TPSA) is 17.3 Å². The largest absolute Gasteiger partial charge is 0.311 e. The van der Waals surface area contributed by atoms with Gasteiger partial charge in [0.2, 0.25) is 0 Å². The van der Waals surface area contributed by atoms with Gasteiger partial charge in [-0.25, -0.2) is 13.8 Å². The highest BCUT2D eigenvalue weighted by molar-refractivity contribution is 6.32. The number of aromatic nitrogens is 2. The highest BCUT2D eigenvalue weighted by Gasteiger charge is 2.12. The van der Waals surface area contributed by atoms with Crippen molar-refractivity contribution in [3.05, 3.63) is 35.4 Å². The average molecular weight is 203 g/mol. The maximum Gasteiger partial charge on any atom is 0.278 e. The van der Waals surface area contributed by atoms with Gasteiger partial charge in [-0.3, -0.25) is 0 Å². The first-order chi connectivity index (χ1) is 6.20. The smallest absolute Gasteiger partial charge is 0.278 e. The maximum absolute atomic E-state index is 12.4. The number of hydrogen-bond donors (Lipinski definition) is 0. The van der Waals surface area contributed by atoms with E-state index in [0.29, 0.717) is 5.52 Å². The normalized spacial score (nSPS) is 11.4. The molecule has 0 aliphatic rings. The first-order valence-electron chi connectivity index (χ1n) is 3.60. The van der Waals surface area contributed by atoms with Gasteiger partial charge < -0.3 is 4.40 Å². The minimum Gasteiger partial charge on any atom is -0.311 e. The Bertz CT molecular complexity index is 439. The first-order valence-corrected chi connectivity index (χ1v) is 3.97. The summed E-state index contributed by atoms with van der Waals surface area (Å²) < 4.78 is 26.1. The van der Waals surface area contributed by atoms with Crippen LogP contribution in [0.3, 0.4) is 0 Å². The lowest BCUT2D eigenvalue weighted by Crippen LogP contribution is -1.93. The van der Waals surface area contributed by atoms with Gasteiger partial charge >= 0.3 is 0 Å². The summed E-state index contributed by atoms with van der Waals surface area (Å²) in [6.45, 7) is 0. The zero-order chi connectivity index (χ0) is 9.42. The maximum atomic E-state index is 12.4. The minimum atomic E-state index is -2.50. The van der Waals surface area contributed by atoms with Gasteiger partial charge in [0, 0.05) is 12.4 Å². The molecule has 0 saturated heterocycles. The molecular formula is C8H5ClF2N2. The molecule has 2 aromatic heterocycles. The Kier molecular flexibility index (Phi) is 1.92. The summed E-state index contributed by atoms with van der Waals surface area (Å²) in [5, 5.41) is 0.231. The lowest BCUT2D eigenvalue weighted by molar-refractivity contribution is 0.145. The van der Waals surface area contributed by atoms with E-state index in [0.717, 1.165) is 0 Å². The van der Waals surface area contributed by atoms with Crippen molar-refractivity contribution < 1.29 is 8.78 Å². The summed E-state index contributed by atoms with van der Waals surface area (Å²) in [6.07, 6.45) is 0.352. The second-order valence-electron chi connectivity index (χ2n) is 2.53. The predicted octanol–water partition coefficient (Wildman–Crippen LogP) is 2.93. The summed E-state index contributed by atoms with van der Waals surface area (Å²) in [5.41, 5.74) is 0.429. The van der Waals surface area contributed by atoms with Crippen molar-refractivity contribution in [3.63, 3.8) is 0 Å². The van der Waals surface area contributed by atoms with Gasteiger partial charge in [-0.15, -0.1) is 0 Å². The molecule has 2 heterocycles. The van der Waals surface area contributed by atoms with Gasteiger partial charge in [0.15, 0.2) is 5.15 Å². The molecule has 0 aromatic carbocycles. The summed E-state index contributed by atoms with van der Waals surface area (Å²) >= 11 is 5.70. The molecular weight excluding hydrogens is 198 g/mol. The van der Waals surface area contributed by atoms with Crippen LogP contribution in [0.25, 0.3) is 5.52 Å². The van der Waals surface area contributed by atoms with Crippen LogP contribution in [0.1, 0.15) is 12.1 Å². The monoisotopic (exact) mass is 202 g/mol. The zero-order valence-corrected chi connectivity index (χ0v) is 7.17. The molecule has 5 heteroatoms. The van der Waals surface area contributed by atoms with Gasteiger partial charge in [0.1, 0.15) is 0 Å². The molecule has 0 saturated carbocycles. The number of halogens is 3. The molecule has 0 aliphatic carbocycles. The lowest BCUT2D eigenvalue weighted by Gasteiger charge is -2.00. The number of alkyl halides is 2. The molecule has 0 bridgehead atoms. The molecule has 0 aliphatic heterocycles. The highest BCUT2D eigenvalue weighted by Crippen LogP contribution is 2.24. The number of rotatable bonds is 1. The van der Waals surface area contributed by atoms with Crippen LogP contribution in [0.5, 0.6) is 0 Å². The predicted molar refractivity (Wildman–Crippen MR) is 45.2 cm³/mol. The lowest BCUT2D eigenvalue weighted by atomic mass is 10.4. The van der Waals surface area contributed by atoms with E-state index in [-0.39, 0.29) is 10.8 Å². The quantitative estimate of drug-likeness (QED) is 0.695. The summed E-state index contributed by atoms with van der Waals surface area (Å²) in [5.74, 6) is 0. The van der Waals surface area contributed by atoms with Crippen molar-refractivity contribution in [2.45, 2.75) is 6.43 Å². The minimum absolute atomic E-state index is 0.0701. The van der Waals surface area contributed by atoms with Gasteiger partial charge in [-0.2, -0.15) is 0 Å². The molecule has 0 unspecified atom stereocenters. The summed E-state index contributed by atoms with van der Waals surface area (Å²) in [4.78, 5) is 3.78. The van der Waals surface area contributed by atoms with E-state index >= 15 is 0 Å². The van der Waals surface area contributed by atoms with Crippen molar-refractivity contribution >= 4 is 17.1 Å². The first kappa shape index (κ1) is 8.44. The van der Waals surface area contributed by atoms with Crippen LogP contribution in [-0.2, 0) is 0 Å². The molecule has 0 radical (unpaired) electrons. The van der Waals surface area contributed by atoms with Gasteiger partial charge in [0.05, 0.1) is 11.2 Å². The Morgan fingerprint density at radius 1 is 1.38 bits per heavy atom. The van der Waals surface area contributed by atoms with Crippen LogP contribution in [0.4, 0.5) is 8.78 Å². The van der Waals surface area contributed by atoms with E-state index in [1.165, 1.54) is 28.9 Å². The Labute approximate surface area is 77.8 Å². The number of nitrogens with zero attached hydrogens (tertiary/aromatic N) is 2. The average Bonchev–Trinajstić information content (AvgIpc) is 2.48. The molecule has 2 nitrogen and oxygen atoms in total. The second kappa shape index (κ2) is 2.96. The van der Waals surface area contributed by atoms with Crippen LogP contribution in [0, 0.1) is 0 Å². The fourth-order valence-corrected chi connectivity index (χ4v) is 1.42. The van der Waals surface area contributed by atoms with Crippen molar-refractivity contribution in [1.82, 2.24) is 9.38 Å². The standard InChI is InChI=1S/C8H5ClF2N2/c9-7-5-1-2-6(8(10)11)13(5)4-3-12-7/h1-4,8H. The third kappa shape index (κ3) is 1.27. The van der Waals surface area contributed by atoms with E-state index in [2.05, 4.69) is 4.98 Å². The molecule has 0 atom stereocenters. The Morgan fingerprint density at radius 3 is 2.85 bits per heavy atom. The Balaban J connectivity index is 2.75. The molecule has 0 amide bonds. The van der Waals surface area contributed by atoms with E-state index in [1.54, 1.807) is 0 Å². The number of hydrogen-bond acceptors (Lipinski definition) is 1. The van der Waals surface area contributed by atoms with Crippen molar-refractivity contribution in [2.24, 2.45) is 0 Å². The fraction of sp³-hybridized carbons (Fsp3) is 0.125. The van der Waals surface area contributed by atoms with Crippen LogP contribution in [0.15, 0.2) is 24.5 Å². The van der Waals surface area contributed by atoms with Gasteiger partial charge in [-0.05, 0) is 12.1 Å². The molecule has 2 rings (SSSR count). The third-order valence-electron chi connectivity index (χ3n) is 1.79. The second-order valence-corrected chi connectivity index (χ2v) is 2.89. The molecule has 0 N–H and O–H groups in total. The van der Waals surface area contributed by atoms with Crippen molar-refractivity contribution in [3.8, 4) is 0 Å². The Hall–Kier alpha value is -1.16. The zero-order valence-electron chi connectivity index (χ0n) is 6.42. The van der Waals surface area contributed by atoms with Crippen LogP contribution in [-0.4, -0.2) is 9.38 Å². The molecule has 2 aromatic rings. The van der Waals surface area contributed by atoms with Gasteiger partial charge in [-0.1, -0.05) is 11.6 Å². The summed E-state index contributed by atoms with van der Waals surface area (Å²) in [7, 11) is 0. The van der Waals surface area contributed by atoms with Crippen molar-refractivity contribution in [2.75, 3.05) is 0 Å². The Morgan fingerprint density at radius 2 is 2.15 bits per heavy atom. The van der Waals surface area contributed by atoms with E-state index in [1.807, 2.05) is 0 Å². The van der Waals surface area contributed by atoms with Gasteiger partial charge in [0.25, 0.3) is 6.43 Å². The van der Waals surface area contributed by atoms with Crippen LogP contribution < -0.4 is 0 Å². The van der Waals surface area contributed by atoms with Crippen LogP contribution in [0.2, 0.25) is 5.15 Å². The highest BCUT2D eigenvalue weighted by atomic mass is 35.5. The van der Waals surface area contributed by atoms with Crippen molar-refractivity contribution in [1.29, 1.82) is 0 Å². The molecule has 0 spiro atoms. The molecule has 13 heavy (non-hydrogen) atoms. The molecule has 68 valence electrons. The summed E-state index contributed by atoms with van der Waals surface area (Å²) in [6, 6.07) is 2.87. The van der Waals surface area contributed by atoms with E-state index in [9.17, 15) is 8.78 Å².